The normalized spacial score (nSPS) is 18.2. The molecule has 0 saturated carbocycles. The highest BCUT2D eigenvalue weighted by molar-refractivity contribution is 6.39. The highest BCUT2D eigenvalue weighted by atomic mass is 16.2. The molecule has 1 fully saturated rings. The van der Waals surface area contributed by atoms with Crippen molar-refractivity contribution in [3.8, 4) is 0 Å². The predicted molar refractivity (Wildman–Crippen MR) is 96.9 cm³/mol. The van der Waals surface area contributed by atoms with Gasteiger partial charge in [0.1, 0.15) is 0 Å². The van der Waals surface area contributed by atoms with Gasteiger partial charge in [-0.05, 0) is 63.7 Å². The second-order valence-corrected chi connectivity index (χ2v) is 6.83. The predicted octanol–water partition coefficient (Wildman–Crippen LogP) is 2.56. The van der Waals surface area contributed by atoms with Crippen LogP contribution in [0.15, 0.2) is 24.3 Å². The molecule has 5 heteroatoms. The van der Waals surface area contributed by atoms with Gasteiger partial charge < -0.3 is 15.5 Å². The number of nitrogens with zero attached hydrogens (tertiary/aromatic N) is 1. The van der Waals surface area contributed by atoms with Gasteiger partial charge in [-0.25, -0.2) is 0 Å². The van der Waals surface area contributed by atoms with Gasteiger partial charge in [0.2, 0.25) is 0 Å². The number of likely N-dealkylation sites (tertiary alicyclic amines) is 1. The number of hydrogen-bond acceptors (Lipinski definition) is 3. The Kier molecular flexibility index (Phi) is 7.25. The molecule has 2 amide bonds. The molecule has 0 spiro atoms. The van der Waals surface area contributed by atoms with Gasteiger partial charge in [0, 0.05) is 18.8 Å². The molecular weight excluding hydrogens is 302 g/mol. The Balaban J connectivity index is 1.58. The van der Waals surface area contributed by atoms with Crippen LogP contribution in [0.25, 0.3) is 0 Å². The molecule has 1 atom stereocenters. The maximum absolute atomic E-state index is 11.8. The van der Waals surface area contributed by atoms with Gasteiger partial charge in [0.15, 0.2) is 0 Å². The average Bonchev–Trinajstić information content (AvgIpc) is 2.56. The number of amides is 2. The number of piperidine rings is 1. The van der Waals surface area contributed by atoms with Crippen molar-refractivity contribution < 1.29 is 9.59 Å². The Hall–Kier alpha value is -1.88. The van der Waals surface area contributed by atoms with E-state index in [0.717, 1.165) is 30.9 Å². The highest BCUT2D eigenvalue weighted by Crippen LogP contribution is 2.15. The second kappa shape index (κ2) is 9.42. The minimum Gasteiger partial charge on any atom is -0.348 e. The van der Waals surface area contributed by atoms with Crippen LogP contribution < -0.4 is 10.6 Å². The van der Waals surface area contributed by atoms with Crippen molar-refractivity contribution in [2.75, 3.05) is 31.5 Å². The summed E-state index contributed by atoms with van der Waals surface area (Å²) in [4.78, 5) is 26.1. The third kappa shape index (κ3) is 6.32. The SMILES string of the molecule is Cc1ccc(NC(=O)C(=O)NCCCCN2CCCC(C)C2)cc1. The first-order valence-electron chi connectivity index (χ1n) is 8.93. The van der Waals surface area contributed by atoms with Gasteiger partial charge in [-0.3, -0.25) is 9.59 Å². The van der Waals surface area contributed by atoms with Crippen molar-refractivity contribution in [1.29, 1.82) is 0 Å². The zero-order chi connectivity index (χ0) is 17.4. The van der Waals surface area contributed by atoms with Crippen LogP contribution in [-0.2, 0) is 9.59 Å². The van der Waals surface area contributed by atoms with Crippen LogP contribution in [0.1, 0.15) is 38.2 Å². The lowest BCUT2D eigenvalue weighted by Gasteiger charge is -2.30. The molecule has 1 aliphatic heterocycles. The molecule has 2 N–H and O–H groups in total. The number of nitrogens with one attached hydrogen (secondary N) is 2. The first-order chi connectivity index (χ1) is 11.5. The average molecular weight is 331 g/mol. The van der Waals surface area contributed by atoms with E-state index in [-0.39, 0.29) is 0 Å². The molecule has 132 valence electrons. The fraction of sp³-hybridized carbons (Fsp3) is 0.579. The fourth-order valence-electron chi connectivity index (χ4n) is 3.06. The van der Waals surface area contributed by atoms with Crippen LogP contribution in [0.2, 0.25) is 0 Å². The summed E-state index contributed by atoms with van der Waals surface area (Å²) < 4.78 is 0. The van der Waals surface area contributed by atoms with E-state index in [1.165, 1.54) is 25.9 Å². The molecule has 24 heavy (non-hydrogen) atoms. The van der Waals surface area contributed by atoms with Crippen LogP contribution >= 0.6 is 0 Å². The van der Waals surface area contributed by atoms with Gasteiger partial charge in [-0.1, -0.05) is 24.6 Å². The Morgan fingerprint density at radius 3 is 2.62 bits per heavy atom. The van der Waals surface area contributed by atoms with E-state index < -0.39 is 11.8 Å². The van der Waals surface area contributed by atoms with Crippen molar-refractivity contribution >= 4 is 17.5 Å². The molecule has 1 unspecified atom stereocenters. The number of anilines is 1. The first-order valence-corrected chi connectivity index (χ1v) is 8.93. The lowest BCUT2D eigenvalue weighted by molar-refractivity contribution is -0.136. The molecule has 1 heterocycles. The fourth-order valence-corrected chi connectivity index (χ4v) is 3.06. The van der Waals surface area contributed by atoms with E-state index in [1.807, 2.05) is 19.1 Å². The second-order valence-electron chi connectivity index (χ2n) is 6.83. The maximum atomic E-state index is 11.8. The number of benzene rings is 1. The number of carbonyl (C=O) groups excluding carboxylic acids is 2. The van der Waals surface area contributed by atoms with E-state index in [4.69, 9.17) is 0 Å². The Morgan fingerprint density at radius 1 is 1.17 bits per heavy atom. The molecule has 2 rings (SSSR count). The summed E-state index contributed by atoms with van der Waals surface area (Å²) >= 11 is 0. The van der Waals surface area contributed by atoms with E-state index in [2.05, 4.69) is 22.5 Å². The molecule has 1 aliphatic rings. The lowest BCUT2D eigenvalue weighted by atomic mass is 10.0. The van der Waals surface area contributed by atoms with Gasteiger partial charge in [0.25, 0.3) is 0 Å². The zero-order valence-electron chi connectivity index (χ0n) is 14.8. The van der Waals surface area contributed by atoms with Crippen LogP contribution in [0.3, 0.4) is 0 Å². The molecule has 1 saturated heterocycles. The van der Waals surface area contributed by atoms with Crippen LogP contribution in [0, 0.1) is 12.8 Å². The third-order valence-electron chi connectivity index (χ3n) is 4.44. The summed E-state index contributed by atoms with van der Waals surface area (Å²) in [6.45, 7) is 8.28. The van der Waals surface area contributed by atoms with Crippen LogP contribution in [0.4, 0.5) is 5.69 Å². The summed E-state index contributed by atoms with van der Waals surface area (Å²) in [7, 11) is 0. The molecule has 1 aromatic rings. The van der Waals surface area contributed by atoms with Gasteiger partial charge >= 0.3 is 11.8 Å². The van der Waals surface area contributed by atoms with Crippen molar-refractivity contribution in [2.24, 2.45) is 5.92 Å². The number of rotatable bonds is 6. The van der Waals surface area contributed by atoms with E-state index in [1.54, 1.807) is 12.1 Å². The summed E-state index contributed by atoms with van der Waals surface area (Å²) in [5.74, 6) is -0.380. The minimum absolute atomic E-state index is 0.545. The Bertz CT molecular complexity index is 542. The smallest absolute Gasteiger partial charge is 0.313 e. The molecule has 1 aromatic carbocycles. The highest BCUT2D eigenvalue weighted by Gasteiger charge is 2.16. The number of aryl methyl sites for hydroxylation is 1. The molecule has 0 aliphatic carbocycles. The van der Waals surface area contributed by atoms with E-state index in [0.29, 0.717) is 12.2 Å². The number of carbonyl (C=O) groups is 2. The van der Waals surface area contributed by atoms with Crippen molar-refractivity contribution in [2.45, 2.75) is 39.5 Å². The standard InChI is InChI=1S/C19H29N3O2/c1-15-7-9-17(10-8-15)21-19(24)18(23)20-11-3-4-12-22-13-5-6-16(2)14-22/h7-10,16H,3-6,11-14H2,1-2H3,(H,20,23)(H,21,24). The van der Waals surface area contributed by atoms with Crippen LogP contribution in [0.5, 0.6) is 0 Å². The van der Waals surface area contributed by atoms with Crippen molar-refractivity contribution in [3.05, 3.63) is 29.8 Å². The van der Waals surface area contributed by atoms with Crippen molar-refractivity contribution in [3.63, 3.8) is 0 Å². The van der Waals surface area contributed by atoms with Gasteiger partial charge in [-0.2, -0.15) is 0 Å². The van der Waals surface area contributed by atoms with Gasteiger partial charge in [0.05, 0.1) is 0 Å². The molecular formula is C19H29N3O2. The summed E-state index contributed by atoms with van der Waals surface area (Å²) in [5, 5.41) is 5.30. The molecule has 0 radical (unpaired) electrons. The quantitative estimate of drug-likeness (QED) is 0.622. The number of hydrogen-bond donors (Lipinski definition) is 2. The first kappa shape index (κ1) is 18.5. The maximum Gasteiger partial charge on any atom is 0.313 e. The summed E-state index contributed by atoms with van der Waals surface area (Å²) in [6, 6.07) is 7.38. The Morgan fingerprint density at radius 2 is 1.92 bits per heavy atom. The lowest BCUT2D eigenvalue weighted by Crippen LogP contribution is -2.37. The summed E-state index contributed by atoms with van der Waals surface area (Å²) in [6.07, 6.45) is 4.57. The third-order valence-corrected chi connectivity index (χ3v) is 4.44. The zero-order valence-corrected chi connectivity index (χ0v) is 14.8. The molecule has 0 bridgehead atoms. The molecule has 0 aromatic heterocycles. The van der Waals surface area contributed by atoms with Gasteiger partial charge in [-0.15, -0.1) is 0 Å². The Labute approximate surface area is 144 Å². The van der Waals surface area contributed by atoms with E-state index >= 15 is 0 Å². The number of unbranched alkanes of at least 4 members (excludes halogenated alkanes) is 1. The summed E-state index contributed by atoms with van der Waals surface area (Å²) in [5.41, 5.74) is 1.75. The van der Waals surface area contributed by atoms with Crippen molar-refractivity contribution in [1.82, 2.24) is 10.2 Å². The largest absolute Gasteiger partial charge is 0.348 e. The monoisotopic (exact) mass is 331 g/mol. The minimum atomic E-state index is -0.608. The van der Waals surface area contributed by atoms with Crippen LogP contribution in [-0.4, -0.2) is 42.9 Å². The topological polar surface area (TPSA) is 61.4 Å². The van der Waals surface area contributed by atoms with E-state index in [9.17, 15) is 9.59 Å². The molecule has 5 nitrogen and oxygen atoms in total.